The lowest BCUT2D eigenvalue weighted by molar-refractivity contribution is -0.361. The SMILES string of the molecule is CCCCC[C@@H]1CC[C@@H]([C@@]2(C)CC[C@@H](O)[C@]34C2[C@H](OC(C)=O)C[C@](C)(C=C[C@]3(O)CC[C@H](C)CCCc2ccccc2)[C@]4(O)CCC2=CC(=O)OC2)C1. The Balaban J connectivity index is 1.40. The van der Waals surface area contributed by atoms with Crippen LogP contribution in [0, 0.1) is 39.9 Å². The molecule has 2 bridgehead atoms. The smallest absolute Gasteiger partial charge is 0.331 e. The third-order valence-corrected chi connectivity index (χ3v) is 15.3. The van der Waals surface area contributed by atoms with Gasteiger partial charge in [0.1, 0.15) is 12.7 Å². The molecule has 1 spiro atoms. The molecular weight excluding hydrogens is 664 g/mol. The molecule has 294 valence electrons. The molecule has 0 aromatic heterocycles. The second-order valence-corrected chi connectivity index (χ2v) is 18.6. The van der Waals surface area contributed by atoms with Crippen molar-refractivity contribution in [2.45, 2.75) is 167 Å². The van der Waals surface area contributed by atoms with Crippen LogP contribution in [0.5, 0.6) is 0 Å². The number of hydrogen-bond donors (Lipinski definition) is 3. The number of aliphatic hydroxyl groups excluding tert-OH is 1. The summed E-state index contributed by atoms with van der Waals surface area (Å²) in [5.41, 5.74) is -3.68. The Morgan fingerprint density at radius 1 is 1.00 bits per heavy atom. The fourth-order valence-corrected chi connectivity index (χ4v) is 12.6. The molecule has 1 unspecified atom stereocenters. The van der Waals surface area contributed by atoms with Crippen molar-refractivity contribution in [1.82, 2.24) is 0 Å². The number of aryl methyl sites for hydroxylation is 1. The Hall–Kier alpha value is -2.48. The Morgan fingerprint density at radius 2 is 1.77 bits per heavy atom. The average molecular weight is 733 g/mol. The van der Waals surface area contributed by atoms with E-state index in [4.69, 9.17) is 9.47 Å². The summed E-state index contributed by atoms with van der Waals surface area (Å²) >= 11 is 0. The van der Waals surface area contributed by atoms with Gasteiger partial charge in [0, 0.05) is 24.3 Å². The third kappa shape index (κ3) is 7.33. The van der Waals surface area contributed by atoms with E-state index in [1.807, 2.05) is 25.1 Å². The van der Waals surface area contributed by atoms with Crippen molar-refractivity contribution in [3.05, 3.63) is 59.7 Å². The van der Waals surface area contributed by atoms with Gasteiger partial charge in [0.05, 0.1) is 22.7 Å². The van der Waals surface area contributed by atoms with Gasteiger partial charge in [-0.1, -0.05) is 109 Å². The van der Waals surface area contributed by atoms with E-state index < -0.39 is 40.2 Å². The molecule has 7 nitrogen and oxygen atoms in total. The van der Waals surface area contributed by atoms with Gasteiger partial charge in [-0.05, 0) is 105 Å². The summed E-state index contributed by atoms with van der Waals surface area (Å²) < 4.78 is 11.7. The predicted octanol–water partition coefficient (Wildman–Crippen LogP) is 8.82. The summed E-state index contributed by atoms with van der Waals surface area (Å²) in [6.07, 6.45) is 18.5. The number of cyclic esters (lactones) is 1. The Morgan fingerprint density at radius 3 is 2.47 bits per heavy atom. The normalized spacial score (nSPS) is 39.7. The van der Waals surface area contributed by atoms with Crippen molar-refractivity contribution in [3.8, 4) is 0 Å². The predicted molar refractivity (Wildman–Crippen MR) is 208 cm³/mol. The molecule has 7 heteroatoms. The van der Waals surface area contributed by atoms with E-state index in [9.17, 15) is 24.9 Å². The molecular formula is C46H68O7. The number of carbonyl (C=O) groups excluding carboxylic acids is 2. The number of ether oxygens (including phenoxy) is 2. The van der Waals surface area contributed by atoms with Crippen molar-refractivity contribution in [3.63, 3.8) is 0 Å². The molecule has 0 amide bonds. The quantitative estimate of drug-likeness (QED) is 0.0885. The zero-order valence-electron chi connectivity index (χ0n) is 33.3. The molecule has 3 fully saturated rings. The highest BCUT2D eigenvalue weighted by Gasteiger charge is 2.81. The van der Waals surface area contributed by atoms with E-state index in [1.54, 1.807) is 0 Å². The average Bonchev–Trinajstić information content (AvgIpc) is 3.78. The summed E-state index contributed by atoms with van der Waals surface area (Å²) in [6.45, 7) is 10.5. The Labute approximate surface area is 319 Å². The van der Waals surface area contributed by atoms with Crippen molar-refractivity contribution >= 4 is 11.9 Å². The minimum absolute atomic E-state index is 0.195. The van der Waals surface area contributed by atoms with Crippen LogP contribution in [0.2, 0.25) is 0 Å². The maximum atomic E-state index is 13.8. The van der Waals surface area contributed by atoms with Gasteiger partial charge in [-0.15, -0.1) is 0 Å². The van der Waals surface area contributed by atoms with Crippen molar-refractivity contribution in [2.24, 2.45) is 39.9 Å². The molecule has 1 aromatic carbocycles. The summed E-state index contributed by atoms with van der Waals surface area (Å²) in [5, 5.41) is 40.2. The minimum atomic E-state index is -1.56. The Bertz CT molecular complexity index is 1500. The number of benzene rings is 1. The van der Waals surface area contributed by atoms with Crippen LogP contribution >= 0.6 is 0 Å². The number of aliphatic hydroxyl groups is 3. The van der Waals surface area contributed by atoms with E-state index >= 15 is 0 Å². The van der Waals surface area contributed by atoms with Gasteiger partial charge >= 0.3 is 11.9 Å². The van der Waals surface area contributed by atoms with E-state index in [0.717, 1.165) is 50.5 Å². The van der Waals surface area contributed by atoms with Gasteiger partial charge in [-0.25, -0.2) is 4.79 Å². The van der Waals surface area contributed by atoms with E-state index in [0.29, 0.717) is 43.4 Å². The number of esters is 2. The highest BCUT2D eigenvalue weighted by atomic mass is 16.5. The fourth-order valence-electron chi connectivity index (χ4n) is 12.6. The van der Waals surface area contributed by atoms with Gasteiger partial charge in [0.25, 0.3) is 0 Å². The lowest BCUT2D eigenvalue weighted by atomic mass is 9.31. The molecule has 1 aliphatic heterocycles. The van der Waals surface area contributed by atoms with Gasteiger partial charge in [0.15, 0.2) is 0 Å². The molecule has 5 aliphatic rings. The number of fused-ring (bicyclic) bond motifs is 1. The van der Waals surface area contributed by atoms with Crippen LogP contribution < -0.4 is 0 Å². The number of rotatable bonds is 16. The third-order valence-electron chi connectivity index (χ3n) is 15.3. The number of hydrogen-bond acceptors (Lipinski definition) is 7. The largest absolute Gasteiger partial charge is 0.462 e. The maximum Gasteiger partial charge on any atom is 0.331 e. The minimum Gasteiger partial charge on any atom is -0.462 e. The highest BCUT2D eigenvalue weighted by molar-refractivity contribution is 5.85. The van der Waals surface area contributed by atoms with Crippen molar-refractivity contribution < 1.29 is 34.4 Å². The first-order chi connectivity index (χ1) is 25.2. The molecule has 6 rings (SSSR count). The maximum absolute atomic E-state index is 13.8. The summed E-state index contributed by atoms with van der Waals surface area (Å²) in [7, 11) is 0. The van der Waals surface area contributed by atoms with Crippen LogP contribution in [0.15, 0.2) is 54.1 Å². The van der Waals surface area contributed by atoms with Crippen molar-refractivity contribution in [1.29, 1.82) is 0 Å². The molecule has 3 saturated carbocycles. The van der Waals surface area contributed by atoms with E-state index in [-0.39, 0.29) is 30.4 Å². The molecule has 1 heterocycles. The first-order valence-corrected chi connectivity index (χ1v) is 21.1. The lowest BCUT2D eigenvalue weighted by Crippen LogP contribution is -2.83. The topological polar surface area (TPSA) is 113 Å². The van der Waals surface area contributed by atoms with Crippen LogP contribution in [0.4, 0.5) is 0 Å². The Kier molecular flexibility index (Phi) is 12.1. The summed E-state index contributed by atoms with van der Waals surface area (Å²) in [4.78, 5) is 25.1. The highest BCUT2D eigenvalue weighted by Crippen LogP contribution is 2.76. The van der Waals surface area contributed by atoms with Crippen molar-refractivity contribution in [2.75, 3.05) is 6.61 Å². The fraction of sp³-hybridized carbons (Fsp3) is 0.739. The summed E-state index contributed by atoms with van der Waals surface area (Å²) in [5.74, 6) is 0.0721. The molecule has 53 heavy (non-hydrogen) atoms. The molecule has 1 aromatic rings. The first-order valence-electron chi connectivity index (χ1n) is 21.1. The van der Waals surface area contributed by atoms with Crippen LogP contribution in [-0.2, 0) is 25.5 Å². The van der Waals surface area contributed by atoms with Crippen LogP contribution in [0.3, 0.4) is 0 Å². The zero-order chi connectivity index (χ0) is 38.1. The second kappa shape index (κ2) is 15.9. The van der Waals surface area contributed by atoms with Gasteiger partial charge in [0.2, 0.25) is 0 Å². The lowest BCUT2D eigenvalue weighted by Gasteiger charge is -2.76. The molecule has 0 saturated heterocycles. The first kappa shape index (κ1) is 40.2. The molecule has 3 N–H and O–H groups in total. The number of unbranched alkanes of at least 4 members (excludes halogenated alkanes) is 2. The summed E-state index contributed by atoms with van der Waals surface area (Å²) in [6, 6.07) is 10.5. The van der Waals surface area contributed by atoms with Crippen LogP contribution in [-0.4, -0.2) is 57.3 Å². The van der Waals surface area contributed by atoms with Crippen LogP contribution in [0.25, 0.3) is 0 Å². The van der Waals surface area contributed by atoms with E-state index in [2.05, 4.69) is 45.0 Å². The molecule has 0 radical (unpaired) electrons. The van der Waals surface area contributed by atoms with Gasteiger partial charge in [-0.3, -0.25) is 4.79 Å². The van der Waals surface area contributed by atoms with Gasteiger partial charge < -0.3 is 24.8 Å². The van der Waals surface area contributed by atoms with Gasteiger partial charge in [-0.2, -0.15) is 0 Å². The monoisotopic (exact) mass is 732 g/mol. The standard InChI is InChI=1S/C46H68O7/c1-6-7-9-16-35-18-19-37(28-35)43(5)23-22-39(48)46-41(43)38(53-33(3)47)30-42(4,45(46,51)25-21-36-29-40(49)52-31-36)26-27-44(46,50)24-20-32(2)13-12-17-34-14-10-8-11-15-34/h8,10-11,14-15,26-27,29,32,35,37-39,41,48,50-51H,6-7,9,12-13,16-25,28,30-31H2,1-5H3/t32-,35-,37-,38-,39-,41?,42+,43-,44-,45-,46+/m1/s1. The second-order valence-electron chi connectivity index (χ2n) is 18.6. The van der Waals surface area contributed by atoms with Crippen LogP contribution in [0.1, 0.15) is 143 Å². The molecule has 4 aliphatic carbocycles. The van der Waals surface area contributed by atoms with E-state index in [1.165, 1.54) is 50.7 Å². The zero-order valence-corrected chi connectivity index (χ0v) is 33.3. The number of carbonyl (C=O) groups is 2. The molecule has 11 atom stereocenters.